The van der Waals surface area contributed by atoms with Crippen LogP contribution in [0.3, 0.4) is 0 Å². The third-order valence-electron chi connectivity index (χ3n) is 1.90. The van der Waals surface area contributed by atoms with E-state index in [-0.39, 0.29) is 18.4 Å². The molecule has 1 aliphatic heterocycles. The van der Waals surface area contributed by atoms with Gasteiger partial charge in [-0.2, -0.15) is 5.26 Å². The third kappa shape index (κ3) is 2.89. The van der Waals surface area contributed by atoms with E-state index in [0.717, 1.165) is 25.9 Å². The van der Waals surface area contributed by atoms with Crippen molar-refractivity contribution in [2.75, 3.05) is 13.1 Å². The number of hydrogen-bond acceptors (Lipinski definition) is 3. The van der Waals surface area contributed by atoms with E-state index in [1.54, 1.807) is 0 Å². The summed E-state index contributed by atoms with van der Waals surface area (Å²) in [6.45, 7) is 1.86. The van der Waals surface area contributed by atoms with Crippen molar-refractivity contribution in [1.82, 2.24) is 10.6 Å². The van der Waals surface area contributed by atoms with E-state index in [4.69, 9.17) is 5.26 Å². The molecule has 0 radical (unpaired) electrons. The zero-order chi connectivity index (χ0) is 8.81. The van der Waals surface area contributed by atoms with E-state index in [2.05, 4.69) is 10.6 Å². The Kier molecular flexibility index (Phi) is 3.55. The Morgan fingerprint density at radius 3 is 3.17 bits per heavy atom. The molecule has 0 aromatic carbocycles. The molecule has 2 N–H and O–H groups in total. The Labute approximate surface area is 71.9 Å². The van der Waals surface area contributed by atoms with Crippen molar-refractivity contribution in [2.45, 2.75) is 25.3 Å². The minimum atomic E-state index is -0.161. The molecular formula is C8H13N3O. The first-order valence-electron chi connectivity index (χ1n) is 4.20. The Morgan fingerprint density at radius 2 is 2.58 bits per heavy atom. The lowest BCUT2D eigenvalue weighted by atomic mass is 10.1. The lowest BCUT2D eigenvalue weighted by molar-refractivity contribution is -0.120. The highest BCUT2D eigenvalue weighted by Crippen LogP contribution is 2.00. The molecule has 12 heavy (non-hydrogen) atoms. The van der Waals surface area contributed by atoms with Crippen LogP contribution in [0.1, 0.15) is 19.3 Å². The molecule has 0 aromatic rings. The second-order valence-electron chi connectivity index (χ2n) is 2.95. The van der Waals surface area contributed by atoms with Gasteiger partial charge in [0.1, 0.15) is 6.42 Å². The van der Waals surface area contributed by atoms with Crippen LogP contribution in [0.2, 0.25) is 0 Å². The Balaban J connectivity index is 2.21. The molecule has 0 aromatic heterocycles. The fraction of sp³-hybridized carbons (Fsp3) is 0.750. The molecule has 1 rings (SSSR count). The maximum atomic E-state index is 10.9. The molecule has 1 aliphatic rings. The smallest absolute Gasteiger partial charge is 0.234 e. The summed E-state index contributed by atoms with van der Waals surface area (Å²) in [5.41, 5.74) is 0. The average molecular weight is 167 g/mol. The van der Waals surface area contributed by atoms with Crippen LogP contribution < -0.4 is 10.6 Å². The third-order valence-corrected chi connectivity index (χ3v) is 1.90. The fourth-order valence-corrected chi connectivity index (χ4v) is 1.33. The molecule has 4 nitrogen and oxygen atoms in total. The quantitative estimate of drug-likeness (QED) is 0.597. The van der Waals surface area contributed by atoms with Crippen LogP contribution in [0.25, 0.3) is 0 Å². The number of nitrogens with zero attached hydrogens (tertiary/aromatic N) is 1. The van der Waals surface area contributed by atoms with Crippen LogP contribution in [0.5, 0.6) is 0 Å². The summed E-state index contributed by atoms with van der Waals surface area (Å²) < 4.78 is 0. The molecule has 0 bridgehead atoms. The number of rotatable bonds is 2. The summed E-state index contributed by atoms with van der Waals surface area (Å²) in [4.78, 5) is 10.9. The first-order valence-corrected chi connectivity index (χ1v) is 4.20. The van der Waals surface area contributed by atoms with Gasteiger partial charge >= 0.3 is 0 Å². The SMILES string of the molecule is N#CCC(=O)NC1CCCNC1. The molecule has 1 heterocycles. The summed E-state index contributed by atoms with van der Waals surface area (Å²) >= 11 is 0. The molecular weight excluding hydrogens is 154 g/mol. The van der Waals surface area contributed by atoms with E-state index in [1.165, 1.54) is 0 Å². The van der Waals surface area contributed by atoms with Crippen molar-refractivity contribution in [1.29, 1.82) is 5.26 Å². The second-order valence-corrected chi connectivity index (χ2v) is 2.95. The number of piperidine rings is 1. The van der Waals surface area contributed by atoms with Gasteiger partial charge in [0.25, 0.3) is 0 Å². The van der Waals surface area contributed by atoms with E-state index in [9.17, 15) is 4.79 Å². The molecule has 1 fully saturated rings. The first-order chi connectivity index (χ1) is 5.83. The monoisotopic (exact) mass is 167 g/mol. The molecule has 1 atom stereocenters. The first kappa shape index (κ1) is 9.01. The number of carbonyl (C=O) groups excluding carboxylic acids is 1. The molecule has 0 aliphatic carbocycles. The highest BCUT2D eigenvalue weighted by molar-refractivity contribution is 5.78. The average Bonchev–Trinajstić information content (AvgIpc) is 2.06. The molecule has 66 valence electrons. The van der Waals surface area contributed by atoms with Crippen LogP contribution in [0.15, 0.2) is 0 Å². The Hall–Kier alpha value is -1.08. The molecule has 1 amide bonds. The number of nitrogens with one attached hydrogen (secondary N) is 2. The standard InChI is InChI=1S/C8H13N3O/c9-4-3-8(12)11-7-2-1-5-10-6-7/h7,10H,1-3,5-6H2,(H,11,12). The Bertz CT molecular complexity index is 191. The summed E-state index contributed by atoms with van der Waals surface area (Å²) in [5.74, 6) is -0.161. The van der Waals surface area contributed by atoms with Crippen molar-refractivity contribution >= 4 is 5.91 Å². The number of nitriles is 1. The van der Waals surface area contributed by atoms with Gasteiger partial charge in [0.15, 0.2) is 0 Å². The van der Waals surface area contributed by atoms with Crippen molar-refractivity contribution < 1.29 is 4.79 Å². The minimum absolute atomic E-state index is 0.0312. The van der Waals surface area contributed by atoms with E-state index < -0.39 is 0 Å². The maximum absolute atomic E-state index is 10.9. The molecule has 1 unspecified atom stereocenters. The highest BCUT2D eigenvalue weighted by Gasteiger charge is 2.14. The van der Waals surface area contributed by atoms with Gasteiger partial charge in [-0.1, -0.05) is 0 Å². The van der Waals surface area contributed by atoms with E-state index >= 15 is 0 Å². The largest absolute Gasteiger partial charge is 0.351 e. The highest BCUT2D eigenvalue weighted by atomic mass is 16.1. The van der Waals surface area contributed by atoms with Crippen molar-refractivity contribution in [2.24, 2.45) is 0 Å². The summed E-state index contributed by atoms with van der Waals surface area (Å²) in [7, 11) is 0. The van der Waals surface area contributed by atoms with Gasteiger partial charge in [-0.25, -0.2) is 0 Å². The van der Waals surface area contributed by atoms with Gasteiger partial charge in [-0.05, 0) is 19.4 Å². The predicted octanol–water partition coefficient (Wildman–Crippen LogP) is -0.232. The second kappa shape index (κ2) is 4.73. The van der Waals surface area contributed by atoms with Gasteiger partial charge in [0.2, 0.25) is 5.91 Å². The lowest BCUT2D eigenvalue weighted by Crippen LogP contribution is -2.45. The van der Waals surface area contributed by atoms with E-state index in [1.807, 2.05) is 6.07 Å². The van der Waals surface area contributed by atoms with Crippen molar-refractivity contribution in [3.63, 3.8) is 0 Å². The zero-order valence-electron chi connectivity index (χ0n) is 6.97. The molecule has 1 saturated heterocycles. The van der Waals surface area contributed by atoms with Gasteiger partial charge in [-0.15, -0.1) is 0 Å². The van der Waals surface area contributed by atoms with Gasteiger partial charge in [0, 0.05) is 12.6 Å². The summed E-state index contributed by atoms with van der Waals surface area (Å²) in [5, 5.41) is 14.2. The zero-order valence-corrected chi connectivity index (χ0v) is 6.97. The van der Waals surface area contributed by atoms with E-state index in [0.29, 0.717) is 0 Å². The number of carbonyl (C=O) groups is 1. The maximum Gasteiger partial charge on any atom is 0.234 e. The van der Waals surface area contributed by atoms with Crippen LogP contribution in [0, 0.1) is 11.3 Å². The van der Waals surface area contributed by atoms with Crippen LogP contribution in [-0.4, -0.2) is 25.0 Å². The lowest BCUT2D eigenvalue weighted by Gasteiger charge is -2.23. The topological polar surface area (TPSA) is 64.9 Å². The Morgan fingerprint density at radius 1 is 1.75 bits per heavy atom. The van der Waals surface area contributed by atoms with Gasteiger partial charge < -0.3 is 10.6 Å². The van der Waals surface area contributed by atoms with Crippen LogP contribution in [0.4, 0.5) is 0 Å². The number of hydrogen-bond donors (Lipinski definition) is 2. The van der Waals surface area contributed by atoms with Crippen molar-refractivity contribution in [3.8, 4) is 6.07 Å². The van der Waals surface area contributed by atoms with Gasteiger partial charge in [0.05, 0.1) is 6.07 Å². The molecule has 4 heteroatoms. The van der Waals surface area contributed by atoms with Crippen LogP contribution in [-0.2, 0) is 4.79 Å². The predicted molar refractivity (Wildman–Crippen MR) is 44.3 cm³/mol. The number of amides is 1. The minimum Gasteiger partial charge on any atom is -0.351 e. The summed E-state index contributed by atoms with van der Waals surface area (Å²) in [6, 6.07) is 2.05. The summed E-state index contributed by atoms with van der Waals surface area (Å²) in [6.07, 6.45) is 2.08. The van der Waals surface area contributed by atoms with Gasteiger partial charge in [-0.3, -0.25) is 4.79 Å². The normalized spacial score (nSPS) is 22.8. The molecule has 0 spiro atoms. The fourth-order valence-electron chi connectivity index (χ4n) is 1.33. The van der Waals surface area contributed by atoms with Crippen molar-refractivity contribution in [3.05, 3.63) is 0 Å². The molecule has 0 saturated carbocycles. The van der Waals surface area contributed by atoms with Crippen LogP contribution >= 0.6 is 0 Å².